The maximum atomic E-state index is 4.90. The Hall–Kier alpha value is -0.550. The van der Waals surface area contributed by atoms with Gasteiger partial charge >= 0.3 is 0 Å². The largest absolute Gasteiger partial charge is 0.340 e. The van der Waals surface area contributed by atoms with E-state index in [0.29, 0.717) is 5.89 Å². The molecule has 1 fully saturated rings. The van der Waals surface area contributed by atoms with Gasteiger partial charge in [-0.05, 0) is 30.4 Å². The van der Waals surface area contributed by atoms with Crippen molar-refractivity contribution in [3.8, 4) is 0 Å². The van der Waals surface area contributed by atoms with E-state index in [4.69, 9.17) is 4.52 Å². The number of aryl methyl sites for hydroxylation is 1. The molecule has 1 aliphatic heterocycles. The molecule has 0 amide bonds. The maximum Gasteiger partial charge on any atom is 0.223 e. The van der Waals surface area contributed by atoms with Crippen molar-refractivity contribution in [1.82, 2.24) is 15.5 Å². The van der Waals surface area contributed by atoms with Crippen molar-refractivity contribution in [3.63, 3.8) is 0 Å². The van der Waals surface area contributed by atoms with Crippen molar-refractivity contribution in [1.29, 1.82) is 0 Å². The van der Waals surface area contributed by atoms with E-state index in [1.165, 1.54) is 17.9 Å². The number of thioether (sulfide) groups is 1. The first-order valence-electron chi connectivity index (χ1n) is 5.42. The Bertz CT molecular complexity index is 297. The van der Waals surface area contributed by atoms with Crippen molar-refractivity contribution in [2.75, 3.05) is 24.6 Å². The highest BCUT2D eigenvalue weighted by Gasteiger charge is 2.14. The lowest BCUT2D eigenvalue weighted by atomic mass is 10.1. The van der Waals surface area contributed by atoms with Crippen LogP contribution in [0.3, 0.4) is 0 Å². The van der Waals surface area contributed by atoms with E-state index in [1.54, 1.807) is 0 Å². The standard InChI is InChI=1S/C10H17N3OS/c1-8-12-10(13-14-8)2-4-11-6-9-3-5-15-7-9/h9,11H,2-7H2,1H3. The predicted octanol–water partition coefficient (Wildman–Crippen LogP) is 1.26. The van der Waals surface area contributed by atoms with Crippen LogP contribution in [0.4, 0.5) is 0 Å². The quantitative estimate of drug-likeness (QED) is 0.768. The smallest absolute Gasteiger partial charge is 0.223 e. The Kier molecular flexibility index (Phi) is 4.02. The van der Waals surface area contributed by atoms with E-state index in [2.05, 4.69) is 27.2 Å². The van der Waals surface area contributed by atoms with Gasteiger partial charge in [-0.3, -0.25) is 0 Å². The average Bonchev–Trinajstić information content (AvgIpc) is 2.84. The van der Waals surface area contributed by atoms with E-state index < -0.39 is 0 Å². The molecule has 0 saturated carbocycles. The van der Waals surface area contributed by atoms with Gasteiger partial charge in [0, 0.05) is 19.9 Å². The normalized spacial score (nSPS) is 21.0. The van der Waals surface area contributed by atoms with Crippen molar-refractivity contribution < 1.29 is 4.52 Å². The van der Waals surface area contributed by atoms with Crippen molar-refractivity contribution in [2.45, 2.75) is 19.8 Å². The summed E-state index contributed by atoms with van der Waals surface area (Å²) in [6, 6.07) is 0. The van der Waals surface area contributed by atoms with Gasteiger partial charge in [0.25, 0.3) is 0 Å². The summed E-state index contributed by atoms with van der Waals surface area (Å²) in [5.74, 6) is 4.96. The third kappa shape index (κ3) is 3.50. The molecule has 0 spiro atoms. The lowest BCUT2D eigenvalue weighted by molar-refractivity contribution is 0.386. The van der Waals surface area contributed by atoms with Crippen LogP contribution < -0.4 is 5.32 Å². The number of aromatic nitrogens is 2. The summed E-state index contributed by atoms with van der Waals surface area (Å²) < 4.78 is 4.90. The zero-order valence-electron chi connectivity index (χ0n) is 9.03. The number of nitrogens with one attached hydrogen (secondary N) is 1. The Balaban J connectivity index is 1.58. The molecule has 4 nitrogen and oxygen atoms in total. The Labute approximate surface area is 94.2 Å². The topological polar surface area (TPSA) is 51.0 Å². The van der Waals surface area contributed by atoms with Gasteiger partial charge in [-0.25, -0.2) is 0 Å². The molecule has 0 aliphatic carbocycles. The third-order valence-corrected chi connectivity index (χ3v) is 3.78. The minimum Gasteiger partial charge on any atom is -0.340 e. The molecule has 0 radical (unpaired) electrons. The fourth-order valence-corrected chi connectivity index (χ4v) is 2.98. The average molecular weight is 227 g/mol. The van der Waals surface area contributed by atoms with Gasteiger partial charge < -0.3 is 9.84 Å². The van der Waals surface area contributed by atoms with Crippen molar-refractivity contribution in [3.05, 3.63) is 11.7 Å². The Morgan fingerprint density at radius 3 is 3.20 bits per heavy atom. The predicted molar refractivity (Wildman–Crippen MR) is 61.0 cm³/mol. The maximum absolute atomic E-state index is 4.90. The van der Waals surface area contributed by atoms with Crippen LogP contribution in [-0.2, 0) is 6.42 Å². The fraction of sp³-hybridized carbons (Fsp3) is 0.800. The number of rotatable bonds is 5. The molecular weight excluding hydrogens is 210 g/mol. The molecule has 2 rings (SSSR count). The van der Waals surface area contributed by atoms with Crippen molar-refractivity contribution in [2.24, 2.45) is 5.92 Å². The first-order valence-corrected chi connectivity index (χ1v) is 6.57. The van der Waals surface area contributed by atoms with Crippen LogP contribution in [0.25, 0.3) is 0 Å². The second-order valence-corrected chi connectivity index (χ2v) is 5.06. The Morgan fingerprint density at radius 2 is 2.53 bits per heavy atom. The monoisotopic (exact) mass is 227 g/mol. The van der Waals surface area contributed by atoms with E-state index in [-0.39, 0.29) is 0 Å². The summed E-state index contributed by atoms with van der Waals surface area (Å²) in [5.41, 5.74) is 0. The molecule has 1 atom stereocenters. The molecule has 1 N–H and O–H groups in total. The number of hydrogen-bond donors (Lipinski definition) is 1. The summed E-state index contributed by atoms with van der Waals surface area (Å²) >= 11 is 2.06. The minimum absolute atomic E-state index is 0.650. The van der Waals surface area contributed by atoms with Gasteiger partial charge in [-0.15, -0.1) is 0 Å². The molecular formula is C10H17N3OS. The van der Waals surface area contributed by atoms with Gasteiger partial charge in [0.2, 0.25) is 5.89 Å². The minimum atomic E-state index is 0.650. The van der Waals surface area contributed by atoms with Gasteiger partial charge in [-0.2, -0.15) is 16.7 Å². The van der Waals surface area contributed by atoms with Crippen LogP contribution in [0.2, 0.25) is 0 Å². The van der Waals surface area contributed by atoms with Crippen molar-refractivity contribution >= 4 is 11.8 Å². The van der Waals surface area contributed by atoms with E-state index in [0.717, 1.165) is 31.3 Å². The van der Waals surface area contributed by atoms with Crippen LogP contribution in [0, 0.1) is 12.8 Å². The Morgan fingerprint density at radius 1 is 1.60 bits per heavy atom. The summed E-state index contributed by atoms with van der Waals surface area (Å²) in [4.78, 5) is 4.16. The zero-order valence-corrected chi connectivity index (χ0v) is 9.85. The van der Waals surface area contributed by atoms with Crippen LogP contribution >= 0.6 is 11.8 Å². The third-order valence-electron chi connectivity index (χ3n) is 2.55. The van der Waals surface area contributed by atoms with Crippen LogP contribution in [0.15, 0.2) is 4.52 Å². The lowest BCUT2D eigenvalue weighted by Gasteiger charge is -2.08. The molecule has 1 aromatic rings. The highest BCUT2D eigenvalue weighted by Crippen LogP contribution is 2.22. The molecule has 5 heteroatoms. The molecule has 1 saturated heterocycles. The lowest BCUT2D eigenvalue weighted by Crippen LogP contribution is -2.25. The molecule has 0 aromatic carbocycles. The van der Waals surface area contributed by atoms with E-state index in [9.17, 15) is 0 Å². The molecule has 15 heavy (non-hydrogen) atoms. The summed E-state index contributed by atoms with van der Waals surface area (Å²) in [6.07, 6.45) is 2.22. The second kappa shape index (κ2) is 5.51. The summed E-state index contributed by atoms with van der Waals surface area (Å²) in [6.45, 7) is 3.89. The zero-order chi connectivity index (χ0) is 10.5. The van der Waals surface area contributed by atoms with E-state index >= 15 is 0 Å². The molecule has 1 aliphatic rings. The van der Waals surface area contributed by atoms with Crippen LogP contribution in [0.1, 0.15) is 18.1 Å². The summed E-state index contributed by atoms with van der Waals surface area (Å²) in [7, 11) is 0. The van der Waals surface area contributed by atoms with Crippen LogP contribution in [-0.4, -0.2) is 34.7 Å². The number of nitrogens with zero attached hydrogens (tertiary/aromatic N) is 2. The first-order chi connectivity index (χ1) is 7.34. The second-order valence-electron chi connectivity index (χ2n) is 3.91. The molecule has 1 aromatic heterocycles. The molecule has 84 valence electrons. The van der Waals surface area contributed by atoms with Gasteiger partial charge in [0.05, 0.1) is 0 Å². The highest BCUT2D eigenvalue weighted by atomic mass is 32.2. The summed E-state index contributed by atoms with van der Waals surface area (Å²) in [5, 5.41) is 7.30. The SMILES string of the molecule is Cc1nc(CCNCC2CCSC2)no1. The van der Waals surface area contributed by atoms with Crippen LogP contribution in [0.5, 0.6) is 0 Å². The molecule has 0 bridgehead atoms. The van der Waals surface area contributed by atoms with Gasteiger partial charge in [0.1, 0.15) is 0 Å². The molecule has 1 unspecified atom stereocenters. The number of hydrogen-bond acceptors (Lipinski definition) is 5. The van der Waals surface area contributed by atoms with E-state index in [1.807, 2.05) is 6.92 Å². The highest BCUT2D eigenvalue weighted by molar-refractivity contribution is 7.99. The molecule has 2 heterocycles. The first kappa shape index (κ1) is 11.0. The van der Waals surface area contributed by atoms with Gasteiger partial charge in [-0.1, -0.05) is 5.16 Å². The van der Waals surface area contributed by atoms with Gasteiger partial charge in [0.15, 0.2) is 5.82 Å². The fourth-order valence-electron chi connectivity index (χ4n) is 1.69.